The number of benzene rings is 1. The number of nitrogens with one attached hydrogen (secondary N) is 2. The Hall–Kier alpha value is -1.91. The first-order valence-corrected chi connectivity index (χ1v) is 9.04. The summed E-state index contributed by atoms with van der Waals surface area (Å²) in [5.74, 6) is -0.193. The second-order valence-corrected chi connectivity index (χ2v) is 6.48. The van der Waals surface area contributed by atoms with Crippen LogP contribution in [0.1, 0.15) is 28.8 Å². The molecule has 156 valence electrons. The zero-order chi connectivity index (χ0) is 19.8. The molecule has 0 aromatic heterocycles. The van der Waals surface area contributed by atoms with Gasteiger partial charge in [0.25, 0.3) is 5.91 Å². The smallest absolute Gasteiger partial charge is 0.308 e. The molecule has 1 saturated heterocycles. The van der Waals surface area contributed by atoms with Gasteiger partial charge in [0.15, 0.2) is 5.96 Å². The number of hydrogen-bond donors (Lipinski definition) is 2. The maximum atomic E-state index is 13.5. The number of piperidine rings is 1. The van der Waals surface area contributed by atoms with Crippen molar-refractivity contribution < 1.29 is 18.7 Å². The second kappa shape index (κ2) is 11.8. The Bertz CT molecular complexity index is 706. The summed E-state index contributed by atoms with van der Waals surface area (Å²) in [7, 11) is 3.11. The lowest BCUT2D eigenvalue weighted by Crippen LogP contribution is -2.48. The van der Waals surface area contributed by atoms with E-state index in [2.05, 4.69) is 20.5 Å². The monoisotopic (exact) mass is 506 g/mol. The van der Waals surface area contributed by atoms with Crippen LogP contribution >= 0.6 is 24.0 Å². The zero-order valence-electron chi connectivity index (χ0n) is 16.5. The van der Waals surface area contributed by atoms with Gasteiger partial charge in [-0.3, -0.25) is 14.6 Å². The molecule has 0 spiro atoms. The van der Waals surface area contributed by atoms with E-state index in [1.165, 1.54) is 13.2 Å². The summed E-state index contributed by atoms with van der Waals surface area (Å²) in [6.45, 7) is 3.96. The third kappa shape index (κ3) is 6.61. The summed E-state index contributed by atoms with van der Waals surface area (Å²) in [6.07, 6.45) is 1.45. The van der Waals surface area contributed by atoms with E-state index in [4.69, 9.17) is 4.74 Å². The summed E-state index contributed by atoms with van der Waals surface area (Å²) >= 11 is 0. The van der Waals surface area contributed by atoms with Gasteiger partial charge in [-0.25, -0.2) is 4.39 Å². The molecule has 0 atom stereocenters. The number of ether oxygens (including phenoxy) is 1. The van der Waals surface area contributed by atoms with Gasteiger partial charge in [-0.2, -0.15) is 0 Å². The van der Waals surface area contributed by atoms with Crippen molar-refractivity contribution in [2.24, 2.45) is 10.9 Å². The van der Waals surface area contributed by atoms with Crippen molar-refractivity contribution in [1.82, 2.24) is 15.5 Å². The van der Waals surface area contributed by atoms with Gasteiger partial charge in [-0.05, 0) is 37.5 Å². The lowest BCUT2D eigenvalue weighted by atomic mass is 9.97. The summed E-state index contributed by atoms with van der Waals surface area (Å²) in [5.41, 5.74) is 0.806. The summed E-state index contributed by atoms with van der Waals surface area (Å²) in [4.78, 5) is 30.0. The van der Waals surface area contributed by atoms with Crippen molar-refractivity contribution in [2.45, 2.75) is 19.8 Å². The van der Waals surface area contributed by atoms with Gasteiger partial charge in [0, 0.05) is 38.8 Å². The van der Waals surface area contributed by atoms with Crippen LogP contribution in [0.5, 0.6) is 0 Å². The number of guanidine groups is 1. The molecule has 0 bridgehead atoms. The molecule has 0 aliphatic carbocycles. The van der Waals surface area contributed by atoms with Crippen molar-refractivity contribution in [3.8, 4) is 0 Å². The number of halogens is 2. The van der Waals surface area contributed by atoms with Crippen molar-refractivity contribution in [3.63, 3.8) is 0 Å². The van der Waals surface area contributed by atoms with Gasteiger partial charge in [0.2, 0.25) is 0 Å². The molecular weight excluding hydrogens is 478 g/mol. The molecule has 1 fully saturated rings. The molecule has 28 heavy (non-hydrogen) atoms. The molecule has 1 aliphatic rings. The Morgan fingerprint density at radius 2 is 1.89 bits per heavy atom. The van der Waals surface area contributed by atoms with Gasteiger partial charge in [0.1, 0.15) is 5.82 Å². The molecular formula is C19H28FIN4O3. The van der Waals surface area contributed by atoms with Crippen LogP contribution < -0.4 is 10.6 Å². The molecule has 1 aliphatic heterocycles. The number of methoxy groups -OCH3 is 1. The van der Waals surface area contributed by atoms with Crippen LogP contribution in [0.25, 0.3) is 0 Å². The largest absolute Gasteiger partial charge is 0.469 e. The van der Waals surface area contributed by atoms with Gasteiger partial charge in [-0.1, -0.05) is 6.07 Å². The predicted molar refractivity (Wildman–Crippen MR) is 117 cm³/mol. The first kappa shape index (κ1) is 24.1. The molecule has 1 amide bonds. The Kier molecular flexibility index (Phi) is 10.2. The van der Waals surface area contributed by atoms with Gasteiger partial charge < -0.3 is 20.3 Å². The lowest BCUT2D eigenvalue weighted by molar-refractivity contribution is -0.146. The maximum absolute atomic E-state index is 13.5. The standard InChI is InChI=1S/C19H27FN4O3.HI/c1-13-4-5-15(12-16(13)20)17(25)22-8-9-23-19(21-2)24-10-6-14(7-11-24)18(26)27-3;/h4-5,12,14H,6-11H2,1-3H3,(H,21,23)(H,22,25);1H. The minimum Gasteiger partial charge on any atom is -0.469 e. The Labute approximate surface area is 182 Å². The highest BCUT2D eigenvalue weighted by Gasteiger charge is 2.26. The van der Waals surface area contributed by atoms with Gasteiger partial charge in [0.05, 0.1) is 13.0 Å². The van der Waals surface area contributed by atoms with E-state index in [1.54, 1.807) is 26.1 Å². The third-order valence-electron chi connectivity index (χ3n) is 4.67. The number of likely N-dealkylation sites (tertiary alicyclic amines) is 1. The zero-order valence-corrected chi connectivity index (χ0v) is 18.8. The number of carbonyl (C=O) groups excluding carboxylic acids is 2. The maximum Gasteiger partial charge on any atom is 0.308 e. The quantitative estimate of drug-likeness (QED) is 0.210. The fraction of sp³-hybridized carbons (Fsp3) is 0.526. The summed E-state index contributed by atoms with van der Waals surface area (Å²) < 4.78 is 18.3. The van der Waals surface area contributed by atoms with Crippen LogP contribution in [0.2, 0.25) is 0 Å². The number of aliphatic imine (C=N–C) groups is 1. The Morgan fingerprint density at radius 1 is 1.25 bits per heavy atom. The number of carbonyl (C=O) groups is 2. The highest BCUT2D eigenvalue weighted by Crippen LogP contribution is 2.18. The Morgan fingerprint density at radius 3 is 2.46 bits per heavy atom. The van der Waals surface area contributed by atoms with Crippen molar-refractivity contribution >= 4 is 41.8 Å². The van der Waals surface area contributed by atoms with Crippen molar-refractivity contribution in [2.75, 3.05) is 40.3 Å². The highest BCUT2D eigenvalue weighted by atomic mass is 127. The fourth-order valence-corrected chi connectivity index (χ4v) is 3.01. The molecule has 0 radical (unpaired) electrons. The van der Waals surface area contributed by atoms with E-state index >= 15 is 0 Å². The van der Waals surface area contributed by atoms with Crippen LogP contribution in [0.4, 0.5) is 4.39 Å². The first-order chi connectivity index (χ1) is 13.0. The molecule has 9 heteroatoms. The van der Waals surface area contributed by atoms with Crippen molar-refractivity contribution in [1.29, 1.82) is 0 Å². The average Bonchev–Trinajstić information content (AvgIpc) is 2.69. The van der Waals surface area contributed by atoms with Crippen LogP contribution in [-0.4, -0.2) is 63.1 Å². The highest BCUT2D eigenvalue weighted by molar-refractivity contribution is 14.0. The van der Waals surface area contributed by atoms with E-state index < -0.39 is 5.82 Å². The number of rotatable bonds is 5. The second-order valence-electron chi connectivity index (χ2n) is 6.48. The van der Waals surface area contributed by atoms with Crippen molar-refractivity contribution in [3.05, 3.63) is 35.1 Å². The molecule has 1 aromatic rings. The minimum absolute atomic E-state index is 0. The lowest BCUT2D eigenvalue weighted by Gasteiger charge is -2.33. The molecule has 2 rings (SSSR count). The van der Waals surface area contributed by atoms with Crippen LogP contribution in [0.15, 0.2) is 23.2 Å². The minimum atomic E-state index is -0.392. The number of aryl methyl sites for hydroxylation is 1. The molecule has 2 N–H and O–H groups in total. The molecule has 1 heterocycles. The first-order valence-electron chi connectivity index (χ1n) is 9.04. The van der Waals surface area contributed by atoms with E-state index in [0.717, 1.165) is 18.8 Å². The third-order valence-corrected chi connectivity index (χ3v) is 4.67. The SMILES string of the molecule is CN=C(NCCNC(=O)c1ccc(C)c(F)c1)N1CCC(C(=O)OC)CC1.I. The Balaban J connectivity index is 0.00000392. The normalized spacial score (nSPS) is 14.9. The summed E-state index contributed by atoms with van der Waals surface area (Å²) in [6, 6.07) is 4.43. The van der Waals surface area contributed by atoms with Gasteiger partial charge in [-0.15, -0.1) is 24.0 Å². The van der Waals surface area contributed by atoms with Gasteiger partial charge >= 0.3 is 5.97 Å². The number of hydrogen-bond acceptors (Lipinski definition) is 4. The van der Waals surface area contributed by atoms with Crippen LogP contribution in [0, 0.1) is 18.7 Å². The molecule has 0 saturated carbocycles. The van der Waals surface area contributed by atoms with Crippen LogP contribution in [-0.2, 0) is 9.53 Å². The molecule has 0 unspecified atom stereocenters. The number of esters is 1. The van der Waals surface area contributed by atoms with E-state index in [-0.39, 0.29) is 41.8 Å². The molecule has 7 nitrogen and oxygen atoms in total. The van der Waals surface area contributed by atoms with Crippen LogP contribution in [0.3, 0.4) is 0 Å². The molecule has 1 aromatic carbocycles. The number of nitrogens with zero attached hydrogens (tertiary/aromatic N) is 2. The summed E-state index contributed by atoms with van der Waals surface area (Å²) in [5, 5.41) is 5.95. The van der Waals surface area contributed by atoms with E-state index in [1.807, 2.05) is 0 Å². The average molecular weight is 506 g/mol. The predicted octanol–water partition coefficient (Wildman–Crippen LogP) is 1.94. The fourth-order valence-electron chi connectivity index (χ4n) is 3.01. The van der Waals surface area contributed by atoms with E-state index in [0.29, 0.717) is 37.3 Å². The topological polar surface area (TPSA) is 83.0 Å². The number of amides is 1. The van der Waals surface area contributed by atoms with E-state index in [9.17, 15) is 14.0 Å².